The fourth-order valence-electron chi connectivity index (χ4n) is 2.01. The summed E-state index contributed by atoms with van der Waals surface area (Å²) in [5, 5.41) is 0. The molecule has 0 amide bonds. The van der Waals surface area contributed by atoms with Gasteiger partial charge in [0, 0.05) is 0 Å². The van der Waals surface area contributed by atoms with Crippen LogP contribution in [0, 0.1) is 0 Å². The third kappa shape index (κ3) is 3.24. The molecule has 0 saturated heterocycles. The summed E-state index contributed by atoms with van der Waals surface area (Å²) in [7, 11) is 0. The number of ether oxygens (including phenoxy) is 2. The molecule has 0 radical (unpaired) electrons. The van der Waals surface area contributed by atoms with E-state index in [1.54, 1.807) is 0 Å². The number of benzene rings is 1. The Hall–Kier alpha value is -1.02. The predicted molar refractivity (Wildman–Crippen MR) is 59.9 cm³/mol. The average molecular weight is 206 g/mol. The Bertz CT molecular complexity index is 278. The minimum atomic E-state index is -0.143. The van der Waals surface area contributed by atoms with Gasteiger partial charge < -0.3 is 9.47 Å². The molecule has 1 atom stereocenters. The average Bonchev–Trinajstić information content (AvgIpc) is 2.71. The molecule has 1 saturated carbocycles. The van der Waals surface area contributed by atoms with Gasteiger partial charge >= 0.3 is 0 Å². The normalized spacial score (nSPS) is 19.0. The maximum Gasteiger partial charge on any atom is 0.197 e. The summed E-state index contributed by atoms with van der Waals surface area (Å²) in [5.41, 5.74) is 0. The van der Waals surface area contributed by atoms with E-state index < -0.39 is 0 Å². The second kappa shape index (κ2) is 5.17. The first-order valence-corrected chi connectivity index (χ1v) is 5.72. The van der Waals surface area contributed by atoms with Gasteiger partial charge in [-0.05, 0) is 31.9 Å². The van der Waals surface area contributed by atoms with Crippen molar-refractivity contribution < 1.29 is 9.47 Å². The minimum absolute atomic E-state index is 0.143. The zero-order valence-electron chi connectivity index (χ0n) is 9.19. The largest absolute Gasteiger partial charge is 0.465 e. The van der Waals surface area contributed by atoms with E-state index in [1.165, 1.54) is 25.7 Å². The van der Waals surface area contributed by atoms with Gasteiger partial charge in [-0.15, -0.1) is 0 Å². The summed E-state index contributed by atoms with van der Waals surface area (Å²) in [4.78, 5) is 0. The fraction of sp³-hybridized carbons (Fsp3) is 0.538. The van der Waals surface area contributed by atoms with Crippen molar-refractivity contribution in [3.8, 4) is 5.75 Å². The van der Waals surface area contributed by atoms with Gasteiger partial charge in [-0.1, -0.05) is 31.0 Å². The van der Waals surface area contributed by atoms with Crippen LogP contribution in [0.1, 0.15) is 32.6 Å². The van der Waals surface area contributed by atoms with Crippen LogP contribution in [0.15, 0.2) is 30.3 Å². The second-order valence-corrected chi connectivity index (χ2v) is 4.04. The van der Waals surface area contributed by atoms with Crippen LogP contribution in [-0.2, 0) is 4.74 Å². The van der Waals surface area contributed by atoms with Crippen LogP contribution in [0.4, 0.5) is 0 Å². The van der Waals surface area contributed by atoms with Crippen molar-refractivity contribution in [2.45, 2.75) is 45.0 Å². The van der Waals surface area contributed by atoms with E-state index in [4.69, 9.17) is 9.47 Å². The maximum atomic E-state index is 5.79. The molecule has 1 aliphatic carbocycles. The van der Waals surface area contributed by atoms with Gasteiger partial charge in [-0.25, -0.2) is 0 Å². The van der Waals surface area contributed by atoms with Crippen LogP contribution in [-0.4, -0.2) is 12.4 Å². The first-order chi connectivity index (χ1) is 7.34. The molecule has 82 valence electrons. The van der Waals surface area contributed by atoms with Crippen molar-refractivity contribution in [1.82, 2.24) is 0 Å². The lowest BCUT2D eigenvalue weighted by molar-refractivity contribution is -0.104. The lowest BCUT2D eigenvalue weighted by atomic mass is 10.3. The van der Waals surface area contributed by atoms with E-state index >= 15 is 0 Å². The fourth-order valence-corrected chi connectivity index (χ4v) is 2.01. The van der Waals surface area contributed by atoms with Gasteiger partial charge in [-0.3, -0.25) is 0 Å². The zero-order valence-corrected chi connectivity index (χ0v) is 9.19. The summed E-state index contributed by atoms with van der Waals surface area (Å²) >= 11 is 0. The van der Waals surface area contributed by atoms with E-state index in [0.717, 1.165) is 5.75 Å². The van der Waals surface area contributed by atoms with Gasteiger partial charge in [0.05, 0.1) is 6.10 Å². The van der Waals surface area contributed by atoms with E-state index in [9.17, 15) is 0 Å². The van der Waals surface area contributed by atoms with Gasteiger partial charge in [0.25, 0.3) is 0 Å². The number of rotatable bonds is 4. The molecule has 0 heterocycles. The molecule has 2 nitrogen and oxygen atoms in total. The van der Waals surface area contributed by atoms with Crippen molar-refractivity contribution in [3.05, 3.63) is 30.3 Å². The molecule has 0 aliphatic heterocycles. The molecule has 1 aromatic carbocycles. The lowest BCUT2D eigenvalue weighted by Gasteiger charge is -2.19. The van der Waals surface area contributed by atoms with Crippen molar-refractivity contribution in [2.24, 2.45) is 0 Å². The van der Waals surface area contributed by atoms with E-state index in [-0.39, 0.29) is 6.29 Å². The number of hydrogen-bond acceptors (Lipinski definition) is 2. The van der Waals surface area contributed by atoms with E-state index in [0.29, 0.717) is 6.10 Å². The Labute approximate surface area is 91.2 Å². The highest BCUT2D eigenvalue weighted by Gasteiger charge is 2.18. The maximum absolute atomic E-state index is 5.79. The van der Waals surface area contributed by atoms with Crippen LogP contribution in [0.3, 0.4) is 0 Å². The first kappa shape index (κ1) is 10.5. The van der Waals surface area contributed by atoms with Crippen molar-refractivity contribution >= 4 is 0 Å². The molecular formula is C13H18O2. The van der Waals surface area contributed by atoms with Crippen LogP contribution in [0.25, 0.3) is 0 Å². The summed E-state index contributed by atoms with van der Waals surface area (Å²) in [6, 6.07) is 9.83. The second-order valence-electron chi connectivity index (χ2n) is 4.04. The highest BCUT2D eigenvalue weighted by Crippen LogP contribution is 2.23. The molecule has 2 heteroatoms. The molecule has 15 heavy (non-hydrogen) atoms. The molecule has 1 unspecified atom stereocenters. The van der Waals surface area contributed by atoms with E-state index in [1.807, 2.05) is 37.3 Å². The Morgan fingerprint density at radius 1 is 1.13 bits per heavy atom. The molecule has 2 rings (SSSR count). The Kier molecular flexibility index (Phi) is 3.62. The quantitative estimate of drug-likeness (QED) is 0.703. The summed E-state index contributed by atoms with van der Waals surface area (Å²) in [5.74, 6) is 0.878. The Morgan fingerprint density at radius 3 is 2.47 bits per heavy atom. The molecule has 0 spiro atoms. The van der Waals surface area contributed by atoms with Crippen LogP contribution < -0.4 is 4.74 Å². The standard InChI is InChI=1S/C13H18O2/c1-11(15-13-9-5-6-10-13)14-12-7-3-2-4-8-12/h2-4,7-8,11,13H,5-6,9-10H2,1H3. The van der Waals surface area contributed by atoms with Gasteiger partial charge in [-0.2, -0.15) is 0 Å². The van der Waals surface area contributed by atoms with Gasteiger partial charge in [0.1, 0.15) is 5.75 Å². The predicted octanol–water partition coefficient (Wildman–Crippen LogP) is 3.37. The Balaban J connectivity index is 1.79. The van der Waals surface area contributed by atoms with E-state index in [2.05, 4.69) is 0 Å². The highest BCUT2D eigenvalue weighted by atomic mass is 16.7. The Morgan fingerprint density at radius 2 is 1.80 bits per heavy atom. The first-order valence-electron chi connectivity index (χ1n) is 5.72. The summed E-state index contributed by atoms with van der Waals surface area (Å²) < 4.78 is 11.4. The highest BCUT2D eigenvalue weighted by molar-refractivity contribution is 5.20. The topological polar surface area (TPSA) is 18.5 Å². The molecule has 0 N–H and O–H groups in total. The smallest absolute Gasteiger partial charge is 0.197 e. The molecular weight excluding hydrogens is 188 g/mol. The van der Waals surface area contributed by atoms with Crippen molar-refractivity contribution in [2.75, 3.05) is 0 Å². The molecule has 1 aromatic rings. The molecule has 1 aliphatic rings. The third-order valence-corrected chi connectivity index (χ3v) is 2.73. The van der Waals surface area contributed by atoms with Crippen LogP contribution in [0.2, 0.25) is 0 Å². The minimum Gasteiger partial charge on any atom is -0.465 e. The van der Waals surface area contributed by atoms with Crippen molar-refractivity contribution in [1.29, 1.82) is 0 Å². The molecule has 0 aromatic heterocycles. The lowest BCUT2D eigenvalue weighted by Crippen LogP contribution is -2.22. The number of para-hydroxylation sites is 1. The molecule has 1 fully saturated rings. The van der Waals surface area contributed by atoms with Crippen molar-refractivity contribution in [3.63, 3.8) is 0 Å². The van der Waals surface area contributed by atoms with Gasteiger partial charge in [0.2, 0.25) is 0 Å². The third-order valence-electron chi connectivity index (χ3n) is 2.73. The zero-order chi connectivity index (χ0) is 10.5. The summed E-state index contributed by atoms with van der Waals surface area (Å²) in [6.45, 7) is 1.96. The van der Waals surface area contributed by atoms with Gasteiger partial charge in [0.15, 0.2) is 6.29 Å². The van der Waals surface area contributed by atoms with Crippen LogP contribution in [0.5, 0.6) is 5.75 Å². The molecule has 0 bridgehead atoms. The SMILES string of the molecule is CC(Oc1ccccc1)OC1CCCC1. The summed E-state index contributed by atoms with van der Waals surface area (Å²) in [6.07, 6.45) is 5.22. The number of hydrogen-bond donors (Lipinski definition) is 0. The van der Waals surface area contributed by atoms with Crippen LogP contribution >= 0.6 is 0 Å². The monoisotopic (exact) mass is 206 g/mol.